The first-order valence-corrected chi connectivity index (χ1v) is 12.5. The van der Waals surface area contributed by atoms with E-state index in [-0.39, 0.29) is 41.5 Å². The van der Waals surface area contributed by atoms with Crippen molar-refractivity contribution in [2.45, 2.75) is 57.7 Å². The SMILES string of the molecule is Cc1c(C(C)C)c(=O)n2nc(-c3ccc(C4(CO)CC4)cc3)nc2n1CC(=O)Nc1ccc(C(F)(F)F)nc1. The number of alkyl halides is 3. The van der Waals surface area contributed by atoms with E-state index in [2.05, 4.69) is 20.4 Å². The number of aliphatic hydroxyl groups excluding tert-OH is 1. The van der Waals surface area contributed by atoms with Crippen LogP contribution in [-0.4, -0.2) is 41.8 Å². The summed E-state index contributed by atoms with van der Waals surface area (Å²) in [6.07, 6.45) is -1.79. The van der Waals surface area contributed by atoms with Gasteiger partial charge in [0.1, 0.15) is 12.2 Å². The minimum atomic E-state index is -4.59. The molecular formula is C27H27F3N6O3. The van der Waals surface area contributed by atoms with E-state index in [0.29, 0.717) is 22.6 Å². The summed E-state index contributed by atoms with van der Waals surface area (Å²) in [7, 11) is 0. The molecule has 2 N–H and O–H groups in total. The number of nitrogens with zero attached hydrogens (tertiary/aromatic N) is 5. The lowest BCUT2D eigenvalue weighted by Gasteiger charge is -2.17. The summed E-state index contributed by atoms with van der Waals surface area (Å²) in [4.78, 5) is 34.2. The van der Waals surface area contributed by atoms with Gasteiger partial charge in [-0.2, -0.15) is 22.7 Å². The molecule has 0 bridgehead atoms. The van der Waals surface area contributed by atoms with Gasteiger partial charge in [0, 0.05) is 22.2 Å². The summed E-state index contributed by atoms with van der Waals surface area (Å²) in [6, 6.07) is 9.45. The van der Waals surface area contributed by atoms with Gasteiger partial charge in [-0.1, -0.05) is 38.1 Å². The average molecular weight is 541 g/mol. The van der Waals surface area contributed by atoms with Crippen LogP contribution in [0.2, 0.25) is 0 Å². The van der Waals surface area contributed by atoms with Crippen molar-refractivity contribution in [2.75, 3.05) is 11.9 Å². The predicted molar refractivity (Wildman–Crippen MR) is 137 cm³/mol. The number of pyridine rings is 1. The van der Waals surface area contributed by atoms with Gasteiger partial charge >= 0.3 is 6.18 Å². The summed E-state index contributed by atoms with van der Waals surface area (Å²) >= 11 is 0. The van der Waals surface area contributed by atoms with Crippen molar-refractivity contribution in [3.05, 3.63) is 75.5 Å². The highest BCUT2D eigenvalue weighted by Gasteiger charge is 2.43. The lowest BCUT2D eigenvalue weighted by molar-refractivity contribution is -0.141. The smallest absolute Gasteiger partial charge is 0.395 e. The zero-order valence-corrected chi connectivity index (χ0v) is 21.6. The maximum atomic E-state index is 13.3. The molecule has 1 aliphatic carbocycles. The monoisotopic (exact) mass is 540 g/mol. The predicted octanol–water partition coefficient (Wildman–Crippen LogP) is 4.07. The molecule has 9 nitrogen and oxygen atoms in total. The molecule has 39 heavy (non-hydrogen) atoms. The number of amides is 1. The molecule has 0 unspecified atom stereocenters. The molecule has 0 radical (unpaired) electrons. The topological polar surface area (TPSA) is 114 Å². The van der Waals surface area contributed by atoms with Crippen molar-refractivity contribution in [3.63, 3.8) is 0 Å². The quantitative estimate of drug-likeness (QED) is 0.365. The van der Waals surface area contributed by atoms with Gasteiger partial charge in [-0.3, -0.25) is 9.59 Å². The van der Waals surface area contributed by atoms with Crippen LogP contribution in [0.25, 0.3) is 17.2 Å². The minimum absolute atomic E-state index is 0.0837. The lowest BCUT2D eigenvalue weighted by atomic mass is 9.96. The van der Waals surface area contributed by atoms with Crippen molar-refractivity contribution in [2.24, 2.45) is 0 Å². The van der Waals surface area contributed by atoms with Crippen LogP contribution in [0.5, 0.6) is 0 Å². The highest BCUT2D eigenvalue weighted by Crippen LogP contribution is 2.47. The van der Waals surface area contributed by atoms with Crippen LogP contribution < -0.4 is 10.9 Å². The molecule has 0 spiro atoms. The second-order valence-electron chi connectivity index (χ2n) is 10.2. The van der Waals surface area contributed by atoms with Gasteiger partial charge in [0.2, 0.25) is 11.7 Å². The number of rotatable bonds is 7. The number of benzene rings is 1. The maximum absolute atomic E-state index is 13.3. The molecule has 204 valence electrons. The Hall–Kier alpha value is -4.06. The van der Waals surface area contributed by atoms with Crippen LogP contribution in [0, 0.1) is 6.92 Å². The second-order valence-corrected chi connectivity index (χ2v) is 10.2. The van der Waals surface area contributed by atoms with Gasteiger partial charge < -0.3 is 15.0 Å². The molecule has 4 aromatic rings. The van der Waals surface area contributed by atoms with E-state index in [1.54, 1.807) is 11.5 Å². The van der Waals surface area contributed by atoms with Crippen molar-refractivity contribution < 1.29 is 23.1 Å². The number of carbonyl (C=O) groups excluding carboxylic acids is 1. The highest BCUT2D eigenvalue weighted by molar-refractivity contribution is 5.90. The van der Waals surface area contributed by atoms with Crippen LogP contribution in [0.3, 0.4) is 0 Å². The third-order valence-corrected chi connectivity index (χ3v) is 7.18. The average Bonchev–Trinajstić information content (AvgIpc) is 3.56. The Morgan fingerprint density at radius 1 is 1.15 bits per heavy atom. The number of hydrogen-bond donors (Lipinski definition) is 2. The Labute approximate surface area is 221 Å². The Morgan fingerprint density at radius 2 is 1.85 bits per heavy atom. The zero-order chi connectivity index (χ0) is 28.1. The fraction of sp³-hybridized carbons (Fsp3) is 0.370. The first kappa shape index (κ1) is 26.5. The molecule has 1 aromatic carbocycles. The number of hydrogen-bond acceptors (Lipinski definition) is 6. The summed E-state index contributed by atoms with van der Waals surface area (Å²) in [5.74, 6) is -0.243. The van der Waals surface area contributed by atoms with Crippen molar-refractivity contribution >= 4 is 17.4 Å². The summed E-state index contributed by atoms with van der Waals surface area (Å²) in [5, 5.41) is 16.7. The molecule has 1 aliphatic rings. The van der Waals surface area contributed by atoms with E-state index in [4.69, 9.17) is 0 Å². The van der Waals surface area contributed by atoms with E-state index >= 15 is 0 Å². The molecule has 3 heterocycles. The molecule has 3 aromatic heterocycles. The molecule has 1 saturated carbocycles. The van der Waals surface area contributed by atoms with Crippen molar-refractivity contribution in [1.82, 2.24) is 24.1 Å². The summed E-state index contributed by atoms with van der Waals surface area (Å²) in [6.45, 7) is 5.27. The number of aromatic nitrogens is 5. The third kappa shape index (κ3) is 4.91. The van der Waals surface area contributed by atoms with Crippen LogP contribution >= 0.6 is 0 Å². The van der Waals surface area contributed by atoms with Crippen LogP contribution in [0.4, 0.5) is 18.9 Å². The molecule has 0 saturated heterocycles. The van der Waals surface area contributed by atoms with E-state index in [1.807, 2.05) is 38.1 Å². The molecule has 1 amide bonds. The number of aliphatic hydroxyl groups is 1. The largest absolute Gasteiger partial charge is 0.433 e. The first-order chi connectivity index (χ1) is 18.4. The van der Waals surface area contributed by atoms with E-state index in [0.717, 1.165) is 36.7 Å². The summed E-state index contributed by atoms with van der Waals surface area (Å²) in [5.41, 5.74) is 1.23. The van der Waals surface area contributed by atoms with E-state index in [9.17, 15) is 27.9 Å². The van der Waals surface area contributed by atoms with Gasteiger partial charge in [-0.25, -0.2) is 4.98 Å². The molecule has 0 atom stereocenters. The van der Waals surface area contributed by atoms with Crippen LogP contribution in [-0.2, 0) is 22.9 Å². The molecule has 1 fully saturated rings. The second kappa shape index (κ2) is 9.60. The Balaban J connectivity index is 1.49. The first-order valence-electron chi connectivity index (χ1n) is 12.5. The lowest BCUT2D eigenvalue weighted by Crippen LogP contribution is -2.30. The van der Waals surface area contributed by atoms with Gasteiger partial charge in [0.15, 0.2) is 5.82 Å². The van der Waals surface area contributed by atoms with Gasteiger partial charge in [0.05, 0.1) is 18.5 Å². The fourth-order valence-electron chi connectivity index (χ4n) is 4.80. The molecule has 0 aliphatic heterocycles. The highest BCUT2D eigenvalue weighted by atomic mass is 19.4. The van der Waals surface area contributed by atoms with Gasteiger partial charge in [-0.15, -0.1) is 5.10 Å². The number of nitrogens with one attached hydrogen (secondary N) is 1. The van der Waals surface area contributed by atoms with Crippen molar-refractivity contribution in [3.8, 4) is 11.4 Å². The van der Waals surface area contributed by atoms with Gasteiger partial charge in [0.25, 0.3) is 5.56 Å². The number of fused-ring (bicyclic) bond motifs is 1. The fourth-order valence-corrected chi connectivity index (χ4v) is 4.80. The normalized spacial score (nSPS) is 14.7. The molecular weight excluding hydrogens is 513 g/mol. The van der Waals surface area contributed by atoms with Crippen LogP contribution in [0.1, 0.15) is 55.1 Å². The van der Waals surface area contributed by atoms with E-state index in [1.165, 1.54) is 4.52 Å². The Bertz CT molecular complexity index is 1600. The number of halogens is 3. The molecule has 12 heteroatoms. The van der Waals surface area contributed by atoms with Gasteiger partial charge in [-0.05, 0) is 43.4 Å². The minimum Gasteiger partial charge on any atom is -0.395 e. The van der Waals surface area contributed by atoms with E-state index < -0.39 is 17.8 Å². The zero-order valence-electron chi connectivity index (χ0n) is 21.6. The molecule has 5 rings (SSSR count). The standard InChI is InChI=1S/C27H27F3N6O3/c1-15(2)22-16(3)35(13-21(38)32-19-8-9-20(31-12-19)27(28,29)30)25-33-23(34-36(25)24(22)39)17-4-6-18(7-5-17)26(14-37)10-11-26/h4-9,12,15,37H,10-11,13-14H2,1-3H3,(H,32,38). The maximum Gasteiger partial charge on any atom is 0.433 e. The number of anilines is 1. The third-order valence-electron chi connectivity index (χ3n) is 7.18. The van der Waals surface area contributed by atoms with Crippen LogP contribution in [0.15, 0.2) is 47.4 Å². The Kier molecular flexibility index (Phi) is 6.53. The van der Waals surface area contributed by atoms with Crippen molar-refractivity contribution in [1.29, 1.82) is 0 Å². The Morgan fingerprint density at radius 3 is 2.38 bits per heavy atom. The number of carbonyl (C=O) groups is 1. The summed E-state index contributed by atoms with van der Waals surface area (Å²) < 4.78 is 41.2.